The van der Waals surface area contributed by atoms with Gasteiger partial charge in [0, 0.05) is 18.3 Å². The summed E-state index contributed by atoms with van der Waals surface area (Å²) in [5.41, 5.74) is 2.59. The zero-order valence-corrected chi connectivity index (χ0v) is 16.5. The molecule has 0 saturated carbocycles. The zero-order chi connectivity index (χ0) is 21.3. The van der Waals surface area contributed by atoms with Gasteiger partial charge in [0.25, 0.3) is 0 Å². The van der Waals surface area contributed by atoms with Crippen molar-refractivity contribution in [3.05, 3.63) is 90.0 Å². The summed E-state index contributed by atoms with van der Waals surface area (Å²) in [6.45, 7) is 1.68. The van der Waals surface area contributed by atoms with Gasteiger partial charge >= 0.3 is 0 Å². The third-order valence-electron chi connectivity index (χ3n) is 4.36. The number of nitriles is 1. The second-order valence-corrected chi connectivity index (χ2v) is 6.61. The minimum atomic E-state index is -0.342. The van der Waals surface area contributed by atoms with Gasteiger partial charge in [0.15, 0.2) is 0 Å². The van der Waals surface area contributed by atoms with Gasteiger partial charge in [-0.3, -0.25) is 9.59 Å². The molecule has 6 heteroatoms. The van der Waals surface area contributed by atoms with Crippen molar-refractivity contribution in [2.75, 3.05) is 16.8 Å². The molecule has 1 N–H and O–H groups in total. The molecule has 0 aliphatic rings. The van der Waals surface area contributed by atoms with E-state index in [0.29, 0.717) is 29.3 Å². The molecule has 3 aromatic carbocycles. The van der Waals surface area contributed by atoms with E-state index in [0.717, 1.165) is 5.56 Å². The fraction of sp³-hybridized carbons (Fsp3) is 0.125. The molecule has 0 bridgehead atoms. The number of anilines is 2. The minimum absolute atomic E-state index is 0.156. The average molecular weight is 399 g/mol. The maximum atomic E-state index is 12.4. The second kappa shape index (κ2) is 9.89. The van der Waals surface area contributed by atoms with Crippen molar-refractivity contribution in [3.8, 4) is 11.8 Å². The Hall–Kier alpha value is -4.11. The summed E-state index contributed by atoms with van der Waals surface area (Å²) < 4.78 is 5.74. The molecule has 0 spiro atoms. The first-order valence-corrected chi connectivity index (χ1v) is 9.40. The number of rotatable bonds is 7. The van der Waals surface area contributed by atoms with Crippen LogP contribution in [0.4, 0.5) is 11.4 Å². The highest BCUT2D eigenvalue weighted by molar-refractivity contribution is 6.01. The van der Waals surface area contributed by atoms with Crippen molar-refractivity contribution in [3.63, 3.8) is 0 Å². The molecule has 0 fully saturated rings. The molecule has 0 heterocycles. The zero-order valence-electron chi connectivity index (χ0n) is 16.5. The van der Waals surface area contributed by atoms with Gasteiger partial charge in [-0.2, -0.15) is 5.26 Å². The first-order chi connectivity index (χ1) is 14.5. The van der Waals surface area contributed by atoms with Gasteiger partial charge in [0.05, 0.1) is 11.6 Å². The summed E-state index contributed by atoms with van der Waals surface area (Å²) in [5.74, 6) is 0.0611. The van der Waals surface area contributed by atoms with Crippen molar-refractivity contribution < 1.29 is 14.3 Å². The number of nitrogens with one attached hydrogen (secondary N) is 1. The van der Waals surface area contributed by atoms with Crippen LogP contribution in [0.5, 0.6) is 5.75 Å². The molecule has 0 saturated heterocycles. The molecule has 2 amide bonds. The summed E-state index contributed by atoms with van der Waals surface area (Å²) in [7, 11) is 0. The van der Waals surface area contributed by atoms with Gasteiger partial charge in [-0.05, 0) is 48.0 Å². The molecule has 0 aliphatic carbocycles. The highest BCUT2D eigenvalue weighted by Gasteiger charge is 2.16. The highest BCUT2D eigenvalue weighted by atomic mass is 16.5. The van der Waals surface area contributed by atoms with Crippen molar-refractivity contribution >= 4 is 23.2 Å². The lowest BCUT2D eigenvalue weighted by Gasteiger charge is -2.21. The number of nitrogens with zero attached hydrogens (tertiary/aromatic N) is 2. The Morgan fingerprint density at radius 2 is 1.73 bits per heavy atom. The van der Waals surface area contributed by atoms with Gasteiger partial charge in [-0.1, -0.05) is 36.4 Å². The second-order valence-electron chi connectivity index (χ2n) is 6.61. The first-order valence-electron chi connectivity index (χ1n) is 9.40. The SMILES string of the molecule is CC(=O)N(CC(=O)Nc1ccc(OCc2ccccc2)cc1)c1cccc(C#N)c1. The van der Waals surface area contributed by atoms with Crippen molar-refractivity contribution in [1.29, 1.82) is 5.26 Å². The molecule has 0 aromatic heterocycles. The van der Waals surface area contributed by atoms with Crippen LogP contribution in [0.3, 0.4) is 0 Å². The van der Waals surface area contributed by atoms with E-state index in [4.69, 9.17) is 10.00 Å². The number of hydrogen-bond acceptors (Lipinski definition) is 4. The quantitative estimate of drug-likeness (QED) is 0.648. The van der Waals surface area contributed by atoms with Crippen LogP contribution >= 0.6 is 0 Å². The summed E-state index contributed by atoms with van der Waals surface area (Å²) in [4.78, 5) is 25.8. The van der Waals surface area contributed by atoms with Crippen LogP contribution in [0.15, 0.2) is 78.9 Å². The molecule has 150 valence electrons. The van der Waals surface area contributed by atoms with Crippen LogP contribution in [-0.4, -0.2) is 18.4 Å². The molecular weight excluding hydrogens is 378 g/mol. The Balaban J connectivity index is 1.59. The van der Waals surface area contributed by atoms with Crippen LogP contribution in [0.2, 0.25) is 0 Å². The van der Waals surface area contributed by atoms with E-state index in [1.165, 1.54) is 11.8 Å². The molecule has 6 nitrogen and oxygen atoms in total. The Bertz CT molecular complexity index is 1060. The van der Waals surface area contributed by atoms with Crippen LogP contribution in [0.25, 0.3) is 0 Å². The average Bonchev–Trinajstić information content (AvgIpc) is 2.77. The Kier molecular flexibility index (Phi) is 6.80. The topological polar surface area (TPSA) is 82.4 Å². The fourth-order valence-corrected chi connectivity index (χ4v) is 2.85. The lowest BCUT2D eigenvalue weighted by molar-refractivity contribution is -0.120. The summed E-state index contributed by atoms with van der Waals surface area (Å²) in [5, 5.41) is 11.8. The smallest absolute Gasteiger partial charge is 0.244 e. The van der Waals surface area contributed by atoms with Gasteiger partial charge in [0.1, 0.15) is 18.9 Å². The maximum Gasteiger partial charge on any atom is 0.244 e. The van der Waals surface area contributed by atoms with Crippen molar-refractivity contribution in [2.45, 2.75) is 13.5 Å². The van der Waals surface area contributed by atoms with Gasteiger partial charge in [-0.15, -0.1) is 0 Å². The van der Waals surface area contributed by atoms with E-state index >= 15 is 0 Å². The lowest BCUT2D eigenvalue weighted by Crippen LogP contribution is -2.36. The molecule has 0 radical (unpaired) electrons. The summed E-state index contributed by atoms with van der Waals surface area (Å²) >= 11 is 0. The van der Waals surface area contributed by atoms with Gasteiger partial charge in [0.2, 0.25) is 11.8 Å². The standard InChI is InChI=1S/C24H21N3O3/c1-18(28)27(22-9-5-8-20(14-22)15-25)16-24(29)26-21-10-12-23(13-11-21)30-17-19-6-3-2-4-7-19/h2-14H,16-17H2,1H3,(H,26,29). The predicted octanol–water partition coefficient (Wildman–Crippen LogP) is 4.13. The summed E-state index contributed by atoms with van der Waals surface area (Å²) in [6.07, 6.45) is 0. The number of ether oxygens (including phenoxy) is 1. The normalized spacial score (nSPS) is 10.0. The monoisotopic (exact) mass is 399 g/mol. The van der Waals surface area contributed by atoms with Crippen LogP contribution < -0.4 is 15.0 Å². The summed E-state index contributed by atoms with van der Waals surface area (Å²) in [6, 6.07) is 25.5. The maximum absolute atomic E-state index is 12.4. The van der Waals surface area contributed by atoms with Crippen molar-refractivity contribution in [1.82, 2.24) is 0 Å². The third kappa shape index (κ3) is 5.69. The Morgan fingerprint density at radius 1 is 1.00 bits per heavy atom. The third-order valence-corrected chi connectivity index (χ3v) is 4.36. The van der Waals surface area contributed by atoms with E-state index in [1.807, 2.05) is 36.4 Å². The first kappa shape index (κ1) is 20.6. The number of amides is 2. The number of benzene rings is 3. The van der Waals surface area contributed by atoms with E-state index in [1.54, 1.807) is 48.5 Å². The number of carbonyl (C=O) groups is 2. The van der Waals surface area contributed by atoms with Crippen molar-refractivity contribution in [2.24, 2.45) is 0 Å². The molecule has 30 heavy (non-hydrogen) atoms. The highest BCUT2D eigenvalue weighted by Crippen LogP contribution is 2.19. The molecule has 3 rings (SSSR count). The molecule has 0 aliphatic heterocycles. The van der Waals surface area contributed by atoms with E-state index in [2.05, 4.69) is 5.32 Å². The molecule has 0 atom stereocenters. The molecule has 0 unspecified atom stereocenters. The van der Waals surface area contributed by atoms with E-state index in [9.17, 15) is 9.59 Å². The van der Waals surface area contributed by atoms with Crippen LogP contribution in [0, 0.1) is 11.3 Å². The van der Waals surface area contributed by atoms with Crippen LogP contribution in [-0.2, 0) is 16.2 Å². The van der Waals surface area contributed by atoms with E-state index in [-0.39, 0.29) is 18.4 Å². The largest absolute Gasteiger partial charge is 0.489 e. The number of hydrogen-bond donors (Lipinski definition) is 1. The minimum Gasteiger partial charge on any atom is -0.489 e. The molecule has 3 aromatic rings. The molecular formula is C24H21N3O3. The van der Waals surface area contributed by atoms with Gasteiger partial charge in [-0.25, -0.2) is 0 Å². The van der Waals surface area contributed by atoms with Crippen LogP contribution in [0.1, 0.15) is 18.1 Å². The fourth-order valence-electron chi connectivity index (χ4n) is 2.85. The van der Waals surface area contributed by atoms with Gasteiger partial charge < -0.3 is 15.0 Å². The Labute approximate surface area is 175 Å². The predicted molar refractivity (Wildman–Crippen MR) is 115 cm³/mol. The lowest BCUT2D eigenvalue weighted by atomic mass is 10.2. The number of carbonyl (C=O) groups excluding carboxylic acids is 2. The van der Waals surface area contributed by atoms with E-state index < -0.39 is 0 Å². The Morgan fingerprint density at radius 3 is 2.40 bits per heavy atom.